The number of rotatable bonds is 15. The summed E-state index contributed by atoms with van der Waals surface area (Å²) in [6, 6.07) is 7.94. The Labute approximate surface area is 157 Å². The van der Waals surface area contributed by atoms with Crippen molar-refractivity contribution in [1.29, 1.82) is 0 Å². The van der Waals surface area contributed by atoms with E-state index >= 15 is 0 Å². The quantitative estimate of drug-likeness (QED) is 0.260. The van der Waals surface area contributed by atoms with E-state index in [2.05, 4.69) is 6.92 Å². The lowest BCUT2D eigenvalue weighted by molar-refractivity contribution is -0.145. The number of hydrogen-bond donors (Lipinski definition) is 0. The molecule has 0 aliphatic carbocycles. The Morgan fingerprint density at radius 3 is 2.27 bits per heavy atom. The van der Waals surface area contributed by atoms with Crippen LogP contribution < -0.4 is 0 Å². The molecule has 0 fully saturated rings. The molecule has 0 heterocycles. The van der Waals surface area contributed by atoms with Gasteiger partial charge in [-0.05, 0) is 18.6 Å². The van der Waals surface area contributed by atoms with Crippen LogP contribution in [0.15, 0.2) is 35.2 Å². The maximum absolute atomic E-state index is 11.8. The molecule has 0 atom stereocenters. The molecule has 0 saturated carbocycles. The molecule has 148 valence electrons. The molecule has 26 heavy (non-hydrogen) atoms. The Morgan fingerprint density at radius 1 is 0.885 bits per heavy atom. The van der Waals surface area contributed by atoms with E-state index in [0.717, 1.165) is 19.3 Å². The zero-order valence-corrected chi connectivity index (χ0v) is 16.3. The number of esters is 1. The minimum absolute atomic E-state index is 0.0804. The van der Waals surface area contributed by atoms with Crippen molar-refractivity contribution in [3.05, 3.63) is 30.3 Å². The molecule has 1 rings (SSSR count). The number of unbranched alkanes of at least 4 members (excludes halogenated alkanes) is 5. The number of carbonyl (C=O) groups excluding carboxylic acids is 1. The second-order valence-electron chi connectivity index (χ2n) is 5.94. The van der Waals surface area contributed by atoms with Gasteiger partial charge in [-0.2, -0.15) is 8.42 Å². The predicted molar refractivity (Wildman–Crippen MR) is 99.4 cm³/mol. The van der Waals surface area contributed by atoms with Crippen LogP contribution in [0.1, 0.15) is 51.9 Å². The fourth-order valence-electron chi connectivity index (χ4n) is 2.30. The molecular weight excluding hydrogens is 356 g/mol. The van der Waals surface area contributed by atoms with Gasteiger partial charge in [0.1, 0.15) is 6.61 Å². The maximum atomic E-state index is 11.8. The van der Waals surface area contributed by atoms with E-state index in [-0.39, 0.29) is 37.3 Å². The van der Waals surface area contributed by atoms with E-state index in [1.165, 1.54) is 31.4 Å². The van der Waals surface area contributed by atoms with Gasteiger partial charge < -0.3 is 9.47 Å². The lowest BCUT2D eigenvalue weighted by Crippen LogP contribution is -2.15. The number of benzene rings is 1. The molecule has 0 spiro atoms. The van der Waals surface area contributed by atoms with Crippen LogP contribution in [-0.2, 0) is 28.6 Å². The first kappa shape index (κ1) is 22.6. The van der Waals surface area contributed by atoms with Gasteiger partial charge in [0.15, 0.2) is 0 Å². The molecular formula is C19H30O6S. The number of carbonyl (C=O) groups is 1. The first-order valence-corrected chi connectivity index (χ1v) is 10.6. The van der Waals surface area contributed by atoms with Crippen molar-refractivity contribution < 1.29 is 26.9 Å². The molecule has 0 aliphatic heterocycles. The van der Waals surface area contributed by atoms with E-state index in [9.17, 15) is 13.2 Å². The van der Waals surface area contributed by atoms with Gasteiger partial charge in [0, 0.05) is 6.42 Å². The summed E-state index contributed by atoms with van der Waals surface area (Å²) in [5.41, 5.74) is 0. The fourth-order valence-corrected chi connectivity index (χ4v) is 3.21. The van der Waals surface area contributed by atoms with Crippen LogP contribution in [0.3, 0.4) is 0 Å². The van der Waals surface area contributed by atoms with Crippen molar-refractivity contribution in [2.75, 3.05) is 26.4 Å². The first-order valence-electron chi connectivity index (χ1n) is 9.24. The zero-order valence-electron chi connectivity index (χ0n) is 15.5. The minimum atomic E-state index is -3.75. The molecule has 7 heteroatoms. The van der Waals surface area contributed by atoms with Crippen molar-refractivity contribution in [2.24, 2.45) is 0 Å². The second kappa shape index (κ2) is 13.7. The molecule has 0 amide bonds. The Morgan fingerprint density at radius 2 is 1.54 bits per heavy atom. The number of ether oxygens (including phenoxy) is 2. The van der Waals surface area contributed by atoms with E-state index in [1.807, 2.05) is 0 Å². The van der Waals surface area contributed by atoms with Gasteiger partial charge in [0.25, 0.3) is 10.1 Å². The van der Waals surface area contributed by atoms with Crippen molar-refractivity contribution >= 4 is 16.1 Å². The monoisotopic (exact) mass is 386 g/mol. The van der Waals surface area contributed by atoms with Gasteiger partial charge in [-0.1, -0.05) is 57.2 Å². The highest BCUT2D eigenvalue weighted by atomic mass is 32.2. The van der Waals surface area contributed by atoms with Crippen LogP contribution in [0.4, 0.5) is 0 Å². The van der Waals surface area contributed by atoms with Gasteiger partial charge in [0.2, 0.25) is 0 Å². The molecule has 0 aliphatic rings. The van der Waals surface area contributed by atoms with E-state index in [1.54, 1.807) is 18.2 Å². The molecule has 1 aromatic carbocycles. The molecule has 0 aromatic heterocycles. The van der Waals surface area contributed by atoms with Crippen molar-refractivity contribution in [2.45, 2.75) is 56.8 Å². The lowest BCUT2D eigenvalue weighted by Gasteiger charge is -2.07. The molecule has 0 saturated heterocycles. The largest absolute Gasteiger partial charge is 0.463 e. The van der Waals surface area contributed by atoms with Gasteiger partial charge in [0.05, 0.1) is 24.7 Å². The van der Waals surface area contributed by atoms with Gasteiger partial charge >= 0.3 is 5.97 Å². The summed E-state index contributed by atoms with van der Waals surface area (Å²) in [6.45, 7) is 2.59. The summed E-state index contributed by atoms with van der Waals surface area (Å²) in [4.78, 5) is 11.6. The Bertz CT molecular complexity index is 585. The highest BCUT2D eigenvalue weighted by molar-refractivity contribution is 7.86. The standard InChI is InChI=1S/C19H30O6S/c1-2-3-4-5-6-10-13-19(20)24-16-14-23-15-17-25-26(21,22)18-11-8-7-9-12-18/h7-9,11-12H,2-6,10,13-17H2,1H3. The molecule has 0 N–H and O–H groups in total. The van der Waals surface area contributed by atoms with Crippen molar-refractivity contribution in [3.63, 3.8) is 0 Å². The maximum Gasteiger partial charge on any atom is 0.305 e. The molecule has 6 nitrogen and oxygen atoms in total. The van der Waals surface area contributed by atoms with Crippen LogP contribution in [0, 0.1) is 0 Å². The molecule has 1 aromatic rings. The third-order valence-corrected chi connectivity index (χ3v) is 5.05. The van der Waals surface area contributed by atoms with E-state index in [4.69, 9.17) is 13.7 Å². The van der Waals surface area contributed by atoms with Gasteiger partial charge in [-0.15, -0.1) is 0 Å². The van der Waals surface area contributed by atoms with Crippen molar-refractivity contribution in [3.8, 4) is 0 Å². The third-order valence-electron chi connectivity index (χ3n) is 3.72. The fraction of sp³-hybridized carbons (Fsp3) is 0.632. The third kappa shape index (κ3) is 10.5. The molecule has 0 radical (unpaired) electrons. The second-order valence-corrected chi connectivity index (χ2v) is 7.56. The summed E-state index contributed by atoms with van der Waals surface area (Å²) in [5.74, 6) is -0.216. The minimum Gasteiger partial charge on any atom is -0.463 e. The molecule has 0 bridgehead atoms. The summed E-state index contributed by atoms with van der Waals surface area (Å²) in [6.07, 6.45) is 7.19. The summed E-state index contributed by atoms with van der Waals surface area (Å²) in [5, 5.41) is 0. The Kier molecular flexibility index (Phi) is 11.9. The average molecular weight is 387 g/mol. The van der Waals surface area contributed by atoms with Crippen LogP contribution in [-0.4, -0.2) is 40.8 Å². The normalized spacial score (nSPS) is 11.4. The van der Waals surface area contributed by atoms with Gasteiger partial charge in [-0.25, -0.2) is 0 Å². The van der Waals surface area contributed by atoms with E-state index < -0.39 is 10.1 Å². The van der Waals surface area contributed by atoms with Crippen LogP contribution >= 0.6 is 0 Å². The van der Waals surface area contributed by atoms with Crippen LogP contribution in [0.2, 0.25) is 0 Å². The van der Waals surface area contributed by atoms with Crippen molar-refractivity contribution in [1.82, 2.24) is 0 Å². The predicted octanol–water partition coefficient (Wildman–Crippen LogP) is 3.70. The topological polar surface area (TPSA) is 78.9 Å². The highest BCUT2D eigenvalue weighted by Crippen LogP contribution is 2.11. The summed E-state index contributed by atoms with van der Waals surface area (Å²) in [7, 11) is -3.75. The summed E-state index contributed by atoms with van der Waals surface area (Å²) < 4.78 is 38.9. The Hall–Kier alpha value is -1.44. The molecule has 0 unspecified atom stereocenters. The lowest BCUT2D eigenvalue weighted by atomic mass is 10.1. The zero-order chi connectivity index (χ0) is 19.1. The Balaban J connectivity index is 1.98. The first-order chi connectivity index (χ1) is 12.6. The summed E-state index contributed by atoms with van der Waals surface area (Å²) >= 11 is 0. The van der Waals surface area contributed by atoms with Crippen LogP contribution in [0.25, 0.3) is 0 Å². The smallest absolute Gasteiger partial charge is 0.305 e. The van der Waals surface area contributed by atoms with E-state index in [0.29, 0.717) is 6.42 Å². The van der Waals surface area contributed by atoms with Gasteiger partial charge in [-0.3, -0.25) is 8.98 Å². The highest BCUT2D eigenvalue weighted by Gasteiger charge is 2.13. The number of hydrogen-bond acceptors (Lipinski definition) is 6. The van der Waals surface area contributed by atoms with Crippen LogP contribution in [0.5, 0.6) is 0 Å². The average Bonchev–Trinajstić information content (AvgIpc) is 2.64. The SMILES string of the molecule is CCCCCCCCC(=O)OCCOCCOS(=O)(=O)c1ccccc1.